The van der Waals surface area contributed by atoms with Crippen LogP contribution in [0.4, 0.5) is 10.1 Å². The molecule has 2 aliphatic rings. The van der Waals surface area contributed by atoms with Crippen molar-refractivity contribution in [2.24, 2.45) is 0 Å². The van der Waals surface area contributed by atoms with Gasteiger partial charge >= 0.3 is 0 Å². The van der Waals surface area contributed by atoms with E-state index >= 15 is 0 Å². The SMILES string of the molecule is COCCN1C(=O)CC(CC(=O)N2CCN(c3cc(C)cc(C)c3)C(=O)C2)(c2ccccc2F)C1=O. The highest BCUT2D eigenvalue weighted by Crippen LogP contribution is 2.41. The van der Waals surface area contributed by atoms with Gasteiger partial charge in [0, 0.05) is 44.3 Å². The Morgan fingerprint density at radius 1 is 1.03 bits per heavy atom. The Kier molecular flexibility index (Phi) is 7.21. The summed E-state index contributed by atoms with van der Waals surface area (Å²) in [4.78, 5) is 56.8. The summed E-state index contributed by atoms with van der Waals surface area (Å²) in [5, 5.41) is 0. The van der Waals surface area contributed by atoms with Crippen LogP contribution in [0.5, 0.6) is 0 Å². The van der Waals surface area contributed by atoms with E-state index in [1.807, 2.05) is 32.0 Å². The van der Waals surface area contributed by atoms with Crippen LogP contribution in [0.25, 0.3) is 0 Å². The predicted molar refractivity (Wildman–Crippen MR) is 131 cm³/mol. The fourth-order valence-corrected chi connectivity index (χ4v) is 5.14. The molecule has 9 heteroatoms. The van der Waals surface area contributed by atoms with Crippen molar-refractivity contribution < 1.29 is 28.3 Å². The van der Waals surface area contributed by atoms with Gasteiger partial charge in [-0.1, -0.05) is 24.3 Å². The number of likely N-dealkylation sites (tertiary alicyclic amines) is 1. The minimum absolute atomic E-state index is 0.0109. The number of carbonyl (C=O) groups is 4. The van der Waals surface area contributed by atoms with Gasteiger partial charge in [0.15, 0.2) is 0 Å². The highest BCUT2D eigenvalue weighted by molar-refractivity contribution is 6.11. The molecule has 36 heavy (non-hydrogen) atoms. The molecule has 190 valence electrons. The van der Waals surface area contributed by atoms with E-state index in [0.717, 1.165) is 21.7 Å². The Morgan fingerprint density at radius 2 is 1.72 bits per heavy atom. The first kappa shape index (κ1) is 25.5. The van der Waals surface area contributed by atoms with Crippen LogP contribution in [-0.4, -0.2) is 73.3 Å². The Bertz CT molecular complexity index is 1200. The van der Waals surface area contributed by atoms with Gasteiger partial charge in [-0.2, -0.15) is 0 Å². The number of ether oxygens (including phenoxy) is 1. The predicted octanol–water partition coefficient (Wildman–Crippen LogP) is 2.35. The number of benzene rings is 2. The lowest BCUT2D eigenvalue weighted by Crippen LogP contribution is -2.54. The molecule has 0 spiro atoms. The van der Waals surface area contributed by atoms with Gasteiger partial charge in [-0.05, 0) is 43.2 Å². The molecule has 0 N–H and O–H groups in total. The van der Waals surface area contributed by atoms with E-state index in [4.69, 9.17) is 4.74 Å². The highest BCUT2D eigenvalue weighted by atomic mass is 19.1. The van der Waals surface area contributed by atoms with Crippen molar-refractivity contribution in [2.75, 3.05) is 44.8 Å². The van der Waals surface area contributed by atoms with E-state index in [1.165, 1.54) is 30.2 Å². The largest absolute Gasteiger partial charge is 0.383 e. The Hall–Kier alpha value is -3.59. The molecule has 2 fully saturated rings. The first-order valence-electron chi connectivity index (χ1n) is 11.9. The number of anilines is 1. The number of nitrogens with zero attached hydrogens (tertiary/aromatic N) is 3. The van der Waals surface area contributed by atoms with E-state index in [-0.39, 0.29) is 44.1 Å². The number of aryl methyl sites for hydroxylation is 2. The summed E-state index contributed by atoms with van der Waals surface area (Å²) in [6, 6.07) is 11.6. The number of carbonyl (C=O) groups excluding carboxylic acids is 4. The number of amides is 4. The summed E-state index contributed by atoms with van der Waals surface area (Å²) >= 11 is 0. The molecule has 2 aliphatic heterocycles. The number of imide groups is 1. The van der Waals surface area contributed by atoms with Gasteiger partial charge < -0.3 is 14.5 Å². The molecule has 2 aromatic carbocycles. The minimum atomic E-state index is -1.67. The number of hydrogen-bond donors (Lipinski definition) is 0. The maximum Gasteiger partial charge on any atom is 0.246 e. The first-order valence-corrected chi connectivity index (χ1v) is 11.9. The van der Waals surface area contributed by atoms with Crippen LogP contribution < -0.4 is 4.90 Å². The van der Waals surface area contributed by atoms with Crippen LogP contribution in [0.15, 0.2) is 42.5 Å². The normalized spacial score (nSPS) is 20.4. The molecule has 0 aromatic heterocycles. The summed E-state index contributed by atoms with van der Waals surface area (Å²) in [5.41, 5.74) is 1.19. The third kappa shape index (κ3) is 4.75. The van der Waals surface area contributed by atoms with Gasteiger partial charge in [-0.15, -0.1) is 0 Å². The molecule has 2 heterocycles. The van der Waals surface area contributed by atoms with Gasteiger partial charge in [-0.25, -0.2) is 4.39 Å². The van der Waals surface area contributed by atoms with Gasteiger partial charge in [0.1, 0.15) is 12.4 Å². The fourth-order valence-electron chi connectivity index (χ4n) is 5.14. The van der Waals surface area contributed by atoms with Gasteiger partial charge in [-0.3, -0.25) is 24.1 Å². The maximum absolute atomic E-state index is 14.9. The zero-order valence-electron chi connectivity index (χ0n) is 20.8. The molecule has 4 rings (SSSR count). The lowest BCUT2D eigenvalue weighted by atomic mass is 9.75. The molecule has 1 atom stereocenters. The number of halogens is 1. The van der Waals surface area contributed by atoms with Crippen LogP contribution in [0, 0.1) is 19.7 Å². The van der Waals surface area contributed by atoms with Crippen LogP contribution in [0.2, 0.25) is 0 Å². The van der Waals surface area contributed by atoms with Crippen molar-refractivity contribution in [3.63, 3.8) is 0 Å². The van der Waals surface area contributed by atoms with Crippen molar-refractivity contribution in [1.82, 2.24) is 9.80 Å². The van der Waals surface area contributed by atoms with E-state index in [2.05, 4.69) is 0 Å². The molecule has 4 amide bonds. The van der Waals surface area contributed by atoms with Crippen molar-refractivity contribution in [3.05, 3.63) is 65.0 Å². The topological polar surface area (TPSA) is 87.2 Å². The average molecular weight is 496 g/mol. The highest BCUT2D eigenvalue weighted by Gasteiger charge is 2.55. The quantitative estimate of drug-likeness (QED) is 0.551. The van der Waals surface area contributed by atoms with Crippen LogP contribution in [-0.2, 0) is 29.3 Å². The average Bonchev–Trinajstić information content (AvgIpc) is 3.06. The van der Waals surface area contributed by atoms with Gasteiger partial charge in [0.05, 0.1) is 18.6 Å². The zero-order valence-corrected chi connectivity index (χ0v) is 20.8. The van der Waals surface area contributed by atoms with E-state index < -0.39 is 35.4 Å². The molecule has 2 saturated heterocycles. The number of piperazine rings is 1. The molecule has 1 unspecified atom stereocenters. The lowest BCUT2D eigenvalue weighted by Gasteiger charge is -2.36. The molecule has 0 radical (unpaired) electrons. The van der Waals surface area contributed by atoms with E-state index in [9.17, 15) is 23.6 Å². The summed E-state index contributed by atoms with van der Waals surface area (Å²) in [6.07, 6.45) is -0.725. The Balaban J connectivity index is 1.57. The summed E-state index contributed by atoms with van der Waals surface area (Å²) < 4.78 is 19.9. The first-order chi connectivity index (χ1) is 17.2. The van der Waals surface area contributed by atoms with Crippen molar-refractivity contribution >= 4 is 29.3 Å². The zero-order chi connectivity index (χ0) is 26.0. The summed E-state index contributed by atoms with van der Waals surface area (Å²) in [5.74, 6) is -2.47. The molecule has 2 aromatic rings. The molecular weight excluding hydrogens is 465 g/mol. The second kappa shape index (κ2) is 10.2. The maximum atomic E-state index is 14.9. The second-order valence-corrected chi connectivity index (χ2v) is 9.47. The number of hydrogen-bond acceptors (Lipinski definition) is 5. The molecule has 0 aliphatic carbocycles. The second-order valence-electron chi connectivity index (χ2n) is 9.47. The van der Waals surface area contributed by atoms with Crippen LogP contribution in [0.3, 0.4) is 0 Å². The van der Waals surface area contributed by atoms with E-state index in [0.29, 0.717) is 6.54 Å². The smallest absolute Gasteiger partial charge is 0.246 e. The summed E-state index contributed by atoms with van der Waals surface area (Å²) in [7, 11) is 1.45. The lowest BCUT2D eigenvalue weighted by molar-refractivity contribution is -0.144. The van der Waals surface area contributed by atoms with Crippen molar-refractivity contribution in [1.29, 1.82) is 0 Å². The van der Waals surface area contributed by atoms with Crippen LogP contribution >= 0.6 is 0 Å². The van der Waals surface area contributed by atoms with E-state index in [1.54, 1.807) is 11.0 Å². The Morgan fingerprint density at radius 3 is 2.36 bits per heavy atom. The van der Waals surface area contributed by atoms with Gasteiger partial charge in [0.25, 0.3) is 0 Å². The minimum Gasteiger partial charge on any atom is -0.383 e. The third-order valence-corrected chi connectivity index (χ3v) is 6.86. The number of rotatable bonds is 7. The van der Waals surface area contributed by atoms with Gasteiger partial charge in [0.2, 0.25) is 23.6 Å². The fraction of sp³-hybridized carbons (Fsp3) is 0.407. The third-order valence-electron chi connectivity index (χ3n) is 6.86. The Labute approximate surface area is 209 Å². The van der Waals surface area contributed by atoms with Crippen LogP contribution in [0.1, 0.15) is 29.5 Å². The molecular formula is C27H30FN3O5. The molecule has 0 bridgehead atoms. The van der Waals surface area contributed by atoms with Crippen molar-refractivity contribution in [3.8, 4) is 0 Å². The standard InChI is InChI=1S/C27H30FN3O5/c1-18-12-19(2)14-20(13-18)30-9-8-29(17-25(30)34)23(32)15-27(21-6-4-5-7-22(21)28)16-24(33)31(26(27)35)10-11-36-3/h4-7,12-14H,8-11,15-17H2,1-3H3. The molecule has 8 nitrogen and oxygen atoms in total. The van der Waals surface area contributed by atoms with Crippen molar-refractivity contribution in [2.45, 2.75) is 32.1 Å². The monoisotopic (exact) mass is 495 g/mol. The summed E-state index contributed by atoms with van der Waals surface area (Å²) in [6.45, 7) is 4.47. The molecule has 0 saturated carbocycles. The number of methoxy groups -OCH3 is 1.